The van der Waals surface area contributed by atoms with Crippen molar-refractivity contribution in [1.29, 1.82) is 0 Å². The standard InChI is InChI=1S/C19H28N6O2/c1-18(2,3)13-10-14(21-17(27)23-19(4,5)6)25(24-13)16-20-12-9-7-8-11(12)15(26)22-16/h10-11H,7-9H2,1-6H3,(H2,21,23,27). The fraction of sp³-hybridized carbons (Fsp3) is 0.632. The number of urea groups is 1. The summed E-state index contributed by atoms with van der Waals surface area (Å²) in [6.45, 7) is 11.8. The van der Waals surface area contributed by atoms with Crippen LogP contribution in [0, 0.1) is 5.92 Å². The van der Waals surface area contributed by atoms with Gasteiger partial charge in [-0.2, -0.15) is 14.8 Å². The van der Waals surface area contributed by atoms with Crippen molar-refractivity contribution in [3.63, 3.8) is 0 Å². The van der Waals surface area contributed by atoms with Gasteiger partial charge < -0.3 is 5.32 Å². The molecule has 1 unspecified atom stereocenters. The lowest BCUT2D eigenvalue weighted by molar-refractivity contribution is -0.119. The summed E-state index contributed by atoms with van der Waals surface area (Å²) in [6, 6.07) is 1.45. The number of rotatable bonds is 1. The third-order valence-corrected chi connectivity index (χ3v) is 4.48. The minimum atomic E-state index is -0.378. The van der Waals surface area contributed by atoms with Crippen molar-refractivity contribution in [1.82, 2.24) is 15.1 Å². The molecular formula is C19H28N6O2. The average molecular weight is 372 g/mol. The second-order valence-electron chi connectivity index (χ2n) is 9.20. The van der Waals surface area contributed by atoms with E-state index < -0.39 is 0 Å². The molecule has 0 radical (unpaired) electrons. The van der Waals surface area contributed by atoms with E-state index in [1.165, 1.54) is 4.68 Å². The summed E-state index contributed by atoms with van der Waals surface area (Å²) in [4.78, 5) is 33.5. The summed E-state index contributed by atoms with van der Waals surface area (Å²) in [5.41, 5.74) is 1.03. The van der Waals surface area contributed by atoms with Crippen molar-refractivity contribution < 1.29 is 9.59 Å². The number of fused-ring (bicyclic) bond motifs is 1. The van der Waals surface area contributed by atoms with E-state index in [9.17, 15) is 9.59 Å². The lowest BCUT2D eigenvalue weighted by Crippen LogP contribution is -2.43. The molecule has 0 aromatic carbocycles. The number of nitrogens with zero attached hydrogens (tertiary/aromatic N) is 4. The fourth-order valence-corrected chi connectivity index (χ4v) is 3.13. The van der Waals surface area contributed by atoms with Crippen molar-refractivity contribution in [2.24, 2.45) is 15.9 Å². The van der Waals surface area contributed by atoms with Crippen LogP contribution < -0.4 is 10.6 Å². The Morgan fingerprint density at radius 2 is 1.89 bits per heavy atom. The van der Waals surface area contributed by atoms with E-state index in [-0.39, 0.29) is 34.8 Å². The molecule has 146 valence electrons. The van der Waals surface area contributed by atoms with E-state index in [2.05, 4.69) is 25.7 Å². The lowest BCUT2D eigenvalue weighted by Gasteiger charge is -2.21. The third-order valence-electron chi connectivity index (χ3n) is 4.48. The summed E-state index contributed by atoms with van der Waals surface area (Å²) >= 11 is 0. The molecule has 1 aliphatic heterocycles. The monoisotopic (exact) mass is 372 g/mol. The number of carbonyl (C=O) groups is 2. The summed E-state index contributed by atoms with van der Waals surface area (Å²) in [5.74, 6) is 0.293. The van der Waals surface area contributed by atoms with Crippen LogP contribution in [0.2, 0.25) is 0 Å². The van der Waals surface area contributed by atoms with E-state index in [1.54, 1.807) is 6.07 Å². The second kappa shape index (κ2) is 6.58. The first-order valence-electron chi connectivity index (χ1n) is 9.34. The summed E-state index contributed by atoms with van der Waals surface area (Å²) in [7, 11) is 0. The largest absolute Gasteiger partial charge is 0.333 e. The van der Waals surface area contributed by atoms with Crippen molar-refractivity contribution in [3.8, 4) is 0 Å². The number of anilines is 1. The minimum absolute atomic E-state index is 0.176. The van der Waals surface area contributed by atoms with Crippen LogP contribution in [0.25, 0.3) is 0 Å². The van der Waals surface area contributed by atoms with E-state index in [4.69, 9.17) is 0 Å². The molecule has 8 nitrogen and oxygen atoms in total. The highest BCUT2D eigenvalue weighted by molar-refractivity contribution is 6.17. The molecule has 1 aromatic rings. The number of aromatic nitrogens is 2. The molecule has 1 atom stereocenters. The normalized spacial score (nSPS) is 20.1. The zero-order valence-corrected chi connectivity index (χ0v) is 16.9. The molecule has 27 heavy (non-hydrogen) atoms. The van der Waals surface area contributed by atoms with Crippen molar-refractivity contribution in [3.05, 3.63) is 11.8 Å². The second-order valence-corrected chi connectivity index (χ2v) is 9.20. The molecule has 1 aliphatic carbocycles. The summed E-state index contributed by atoms with van der Waals surface area (Å²) in [5, 5.41) is 10.3. The average Bonchev–Trinajstić information content (AvgIpc) is 3.11. The zero-order chi connectivity index (χ0) is 20.0. The lowest BCUT2D eigenvalue weighted by atomic mass is 9.92. The molecule has 0 bridgehead atoms. The number of amides is 3. The van der Waals surface area contributed by atoms with Crippen LogP contribution in [-0.2, 0) is 10.2 Å². The van der Waals surface area contributed by atoms with Crippen LogP contribution in [0.1, 0.15) is 66.5 Å². The van der Waals surface area contributed by atoms with Crippen LogP contribution in [0.3, 0.4) is 0 Å². The van der Waals surface area contributed by atoms with Crippen molar-refractivity contribution in [2.45, 2.75) is 71.8 Å². The molecule has 3 amide bonds. The van der Waals surface area contributed by atoms with Crippen LogP contribution >= 0.6 is 0 Å². The zero-order valence-electron chi connectivity index (χ0n) is 16.9. The van der Waals surface area contributed by atoms with Crippen molar-refractivity contribution in [2.75, 3.05) is 5.32 Å². The fourth-order valence-electron chi connectivity index (χ4n) is 3.13. The third kappa shape index (κ3) is 4.26. The molecule has 2 N–H and O–H groups in total. The highest BCUT2D eigenvalue weighted by atomic mass is 16.2. The Kier molecular flexibility index (Phi) is 4.69. The first-order valence-corrected chi connectivity index (χ1v) is 9.34. The number of nitrogens with one attached hydrogen (secondary N) is 2. The van der Waals surface area contributed by atoms with Crippen LogP contribution in [0.4, 0.5) is 10.6 Å². The minimum Gasteiger partial charge on any atom is -0.333 e. The first-order chi connectivity index (χ1) is 12.4. The van der Waals surface area contributed by atoms with Crippen molar-refractivity contribution >= 4 is 29.4 Å². The number of hydrogen-bond donors (Lipinski definition) is 2. The van der Waals surface area contributed by atoms with Gasteiger partial charge in [0.2, 0.25) is 0 Å². The molecule has 1 aromatic heterocycles. The summed E-state index contributed by atoms with van der Waals surface area (Å²) in [6.07, 6.45) is 2.56. The van der Waals surface area contributed by atoms with Gasteiger partial charge in [-0.05, 0) is 40.0 Å². The Balaban J connectivity index is 1.97. The Morgan fingerprint density at radius 1 is 1.19 bits per heavy atom. The maximum absolute atomic E-state index is 12.4. The molecule has 2 heterocycles. The van der Waals surface area contributed by atoms with Gasteiger partial charge in [-0.15, -0.1) is 0 Å². The number of aliphatic imine (C=N–C) groups is 2. The van der Waals surface area contributed by atoms with Crippen LogP contribution in [0.5, 0.6) is 0 Å². The van der Waals surface area contributed by atoms with E-state index in [0.717, 1.165) is 30.7 Å². The van der Waals surface area contributed by atoms with Gasteiger partial charge in [-0.25, -0.2) is 9.79 Å². The van der Waals surface area contributed by atoms with E-state index in [1.807, 2.05) is 41.5 Å². The Labute approximate surface area is 159 Å². The SMILES string of the molecule is CC(C)(C)NC(=O)Nc1cc(C(C)(C)C)nn1C1=NC(=O)C2CCCC2=N1. The van der Waals surface area contributed by atoms with Gasteiger partial charge >= 0.3 is 6.03 Å². The maximum Gasteiger partial charge on any atom is 0.320 e. The number of carbonyl (C=O) groups excluding carboxylic acids is 2. The quantitative estimate of drug-likeness (QED) is 0.792. The molecule has 8 heteroatoms. The van der Waals surface area contributed by atoms with Gasteiger partial charge in [0.15, 0.2) is 0 Å². The van der Waals surface area contributed by atoms with Gasteiger partial charge in [0.1, 0.15) is 5.82 Å². The van der Waals surface area contributed by atoms with E-state index in [0.29, 0.717) is 5.82 Å². The highest BCUT2D eigenvalue weighted by Gasteiger charge is 2.34. The molecular weight excluding hydrogens is 344 g/mol. The maximum atomic E-state index is 12.4. The Bertz CT molecular complexity index is 835. The topological polar surface area (TPSA) is 101 Å². The predicted octanol–water partition coefficient (Wildman–Crippen LogP) is 3.09. The first kappa shape index (κ1) is 19.3. The Morgan fingerprint density at radius 3 is 2.52 bits per heavy atom. The van der Waals surface area contributed by atoms with E-state index >= 15 is 0 Å². The predicted molar refractivity (Wildman–Crippen MR) is 105 cm³/mol. The molecule has 2 aliphatic rings. The smallest absolute Gasteiger partial charge is 0.320 e. The molecule has 1 saturated carbocycles. The van der Waals surface area contributed by atoms with Gasteiger partial charge in [-0.1, -0.05) is 20.8 Å². The molecule has 0 saturated heterocycles. The van der Waals surface area contributed by atoms with Gasteiger partial charge in [0.05, 0.1) is 11.6 Å². The molecule has 1 fully saturated rings. The van der Waals surface area contributed by atoms with Gasteiger partial charge in [-0.3, -0.25) is 10.1 Å². The highest BCUT2D eigenvalue weighted by Crippen LogP contribution is 2.29. The van der Waals surface area contributed by atoms with Gasteiger partial charge in [0, 0.05) is 22.7 Å². The molecule has 3 rings (SSSR count). The number of hydrogen-bond acceptors (Lipinski definition) is 4. The van der Waals surface area contributed by atoms with Gasteiger partial charge in [0.25, 0.3) is 11.9 Å². The van der Waals surface area contributed by atoms with Crippen LogP contribution in [-0.4, -0.2) is 38.9 Å². The summed E-state index contributed by atoms with van der Waals surface area (Å²) < 4.78 is 1.46. The Hall–Kier alpha value is -2.51. The van der Waals surface area contributed by atoms with Crippen LogP contribution in [0.15, 0.2) is 16.1 Å². The molecule has 0 spiro atoms.